The first-order chi connectivity index (χ1) is 16.5. The van der Waals surface area contributed by atoms with E-state index in [1.807, 2.05) is 60.4 Å². The summed E-state index contributed by atoms with van der Waals surface area (Å²) in [6.07, 6.45) is 1.54. The van der Waals surface area contributed by atoms with Crippen LogP contribution in [-0.4, -0.2) is 52.1 Å². The van der Waals surface area contributed by atoms with Gasteiger partial charge >= 0.3 is 0 Å². The number of ether oxygens (including phenoxy) is 1. The van der Waals surface area contributed by atoms with E-state index in [0.717, 1.165) is 34.4 Å². The van der Waals surface area contributed by atoms with Gasteiger partial charge in [-0.25, -0.2) is 8.42 Å². The molecule has 2 aliphatic rings. The highest BCUT2D eigenvalue weighted by Gasteiger charge is 2.31. The van der Waals surface area contributed by atoms with Gasteiger partial charge in [0, 0.05) is 25.2 Å². The van der Waals surface area contributed by atoms with Gasteiger partial charge in [-0.3, -0.25) is 9.10 Å². The van der Waals surface area contributed by atoms with E-state index in [2.05, 4.69) is 6.07 Å². The van der Waals surface area contributed by atoms with Crippen LogP contribution in [0.3, 0.4) is 0 Å². The number of carbonyl (C=O) groups excluding carboxylic acids is 1. The standard InChI is InChI=1S/C27H28N2O4S/c1-2-20-3-10-25(11-4-20)34(31,32)29-14-13-24-19-23(9-12-26(24)29)21-5-7-22(8-6-21)27(30)28-15-17-33-18-16-28/h3-12,19H,2,13-18H2,1H3. The summed E-state index contributed by atoms with van der Waals surface area (Å²) < 4.78 is 33.4. The topological polar surface area (TPSA) is 66.9 Å². The molecule has 0 spiro atoms. The summed E-state index contributed by atoms with van der Waals surface area (Å²) in [5, 5.41) is 0. The lowest BCUT2D eigenvalue weighted by molar-refractivity contribution is 0.0303. The van der Waals surface area contributed by atoms with Crippen LogP contribution in [0.5, 0.6) is 0 Å². The van der Waals surface area contributed by atoms with Crippen molar-refractivity contribution in [1.29, 1.82) is 0 Å². The Morgan fingerprint density at radius 1 is 0.882 bits per heavy atom. The van der Waals surface area contributed by atoms with Crippen molar-refractivity contribution in [3.05, 3.63) is 83.4 Å². The number of fused-ring (bicyclic) bond motifs is 1. The van der Waals surface area contributed by atoms with Gasteiger partial charge in [0.05, 0.1) is 23.8 Å². The van der Waals surface area contributed by atoms with Crippen LogP contribution in [0.4, 0.5) is 5.69 Å². The molecule has 2 heterocycles. The summed E-state index contributed by atoms with van der Waals surface area (Å²) >= 11 is 0. The van der Waals surface area contributed by atoms with Gasteiger partial charge in [-0.1, -0.05) is 37.3 Å². The Bertz CT molecular complexity index is 1300. The third-order valence-corrected chi connectivity index (χ3v) is 8.44. The molecule has 1 fully saturated rings. The summed E-state index contributed by atoms with van der Waals surface area (Å²) in [5.74, 6) is 0.0246. The van der Waals surface area contributed by atoms with Crippen LogP contribution in [0.2, 0.25) is 0 Å². The number of hydrogen-bond acceptors (Lipinski definition) is 4. The minimum atomic E-state index is -3.60. The van der Waals surface area contributed by atoms with Gasteiger partial charge in [-0.05, 0) is 71.5 Å². The van der Waals surface area contributed by atoms with E-state index < -0.39 is 10.0 Å². The second kappa shape index (κ2) is 9.24. The summed E-state index contributed by atoms with van der Waals surface area (Å²) in [7, 11) is -3.60. The predicted molar refractivity (Wildman–Crippen MR) is 133 cm³/mol. The molecular formula is C27H28N2O4S. The average molecular weight is 477 g/mol. The zero-order valence-corrected chi connectivity index (χ0v) is 20.1. The van der Waals surface area contributed by atoms with Gasteiger partial charge in [0.15, 0.2) is 0 Å². The van der Waals surface area contributed by atoms with E-state index in [9.17, 15) is 13.2 Å². The number of nitrogens with zero attached hydrogens (tertiary/aromatic N) is 2. The molecule has 3 aromatic rings. The molecule has 0 bridgehead atoms. The monoisotopic (exact) mass is 476 g/mol. The molecule has 0 radical (unpaired) electrons. The number of rotatable bonds is 5. The highest BCUT2D eigenvalue weighted by atomic mass is 32.2. The zero-order valence-electron chi connectivity index (χ0n) is 19.2. The SMILES string of the molecule is CCc1ccc(S(=O)(=O)N2CCc3cc(-c4ccc(C(=O)N5CCOCC5)cc4)ccc32)cc1. The van der Waals surface area contributed by atoms with Gasteiger partial charge in [0.2, 0.25) is 0 Å². The van der Waals surface area contributed by atoms with E-state index in [4.69, 9.17) is 4.74 Å². The Morgan fingerprint density at radius 2 is 1.56 bits per heavy atom. The Labute approximate surface area is 200 Å². The van der Waals surface area contributed by atoms with Crippen LogP contribution < -0.4 is 4.31 Å². The maximum absolute atomic E-state index is 13.3. The van der Waals surface area contributed by atoms with Crippen molar-refractivity contribution < 1.29 is 17.9 Å². The lowest BCUT2D eigenvalue weighted by Crippen LogP contribution is -2.40. The molecule has 0 aromatic heterocycles. The number of aryl methyl sites for hydroxylation is 1. The van der Waals surface area contributed by atoms with Crippen molar-refractivity contribution in [3.8, 4) is 11.1 Å². The Hall–Kier alpha value is -3.16. The second-order valence-corrected chi connectivity index (χ2v) is 10.5. The maximum atomic E-state index is 13.3. The normalized spacial score (nSPS) is 15.9. The number of sulfonamides is 1. The molecule has 5 rings (SSSR count). The van der Waals surface area contributed by atoms with Gasteiger partial charge in [0.1, 0.15) is 0 Å². The highest BCUT2D eigenvalue weighted by molar-refractivity contribution is 7.92. The number of morpholine rings is 1. The van der Waals surface area contributed by atoms with E-state index in [0.29, 0.717) is 49.7 Å². The van der Waals surface area contributed by atoms with Crippen molar-refractivity contribution in [3.63, 3.8) is 0 Å². The van der Waals surface area contributed by atoms with Crippen molar-refractivity contribution in [2.75, 3.05) is 37.2 Å². The summed E-state index contributed by atoms with van der Waals surface area (Å²) in [6.45, 7) is 4.88. The number of amides is 1. The molecule has 34 heavy (non-hydrogen) atoms. The van der Waals surface area contributed by atoms with Gasteiger partial charge < -0.3 is 9.64 Å². The van der Waals surface area contributed by atoms with E-state index in [1.165, 1.54) is 4.31 Å². The number of hydrogen-bond donors (Lipinski definition) is 0. The number of anilines is 1. The molecule has 6 nitrogen and oxygen atoms in total. The van der Waals surface area contributed by atoms with Crippen LogP contribution in [0.25, 0.3) is 11.1 Å². The summed E-state index contributed by atoms with van der Waals surface area (Å²) in [4.78, 5) is 14.8. The Morgan fingerprint density at radius 3 is 2.24 bits per heavy atom. The first-order valence-electron chi connectivity index (χ1n) is 11.7. The molecule has 1 amide bonds. The van der Waals surface area contributed by atoms with Crippen LogP contribution in [0.1, 0.15) is 28.4 Å². The van der Waals surface area contributed by atoms with Gasteiger partial charge in [-0.2, -0.15) is 0 Å². The first-order valence-corrected chi connectivity index (χ1v) is 13.1. The quantitative estimate of drug-likeness (QED) is 0.555. The first kappa shape index (κ1) is 22.6. The molecule has 0 saturated carbocycles. The van der Waals surface area contributed by atoms with Crippen molar-refractivity contribution in [2.24, 2.45) is 0 Å². The van der Waals surface area contributed by atoms with E-state index >= 15 is 0 Å². The van der Waals surface area contributed by atoms with E-state index in [-0.39, 0.29) is 5.91 Å². The third-order valence-electron chi connectivity index (χ3n) is 6.62. The molecule has 176 valence electrons. The maximum Gasteiger partial charge on any atom is 0.264 e. The smallest absolute Gasteiger partial charge is 0.264 e. The average Bonchev–Trinajstić information content (AvgIpc) is 3.33. The molecule has 1 saturated heterocycles. The zero-order chi connectivity index (χ0) is 23.7. The number of benzene rings is 3. The van der Waals surface area contributed by atoms with Crippen molar-refractivity contribution in [1.82, 2.24) is 4.90 Å². The fourth-order valence-electron chi connectivity index (χ4n) is 4.58. The van der Waals surface area contributed by atoms with Crippen LogP contribution in [0, 0.1) is 0 Å². The lowest BCUT2D eigenvalue weighted by Gasteiger charge is -2.26. The van der Waals surface area contributed by atoms with Crippen LogP contribution in [0.15, 0.2) is 71.6 Å². The summed E-state index contributed by atoms with van der Waals surface area (Å²) in [5.41, 5.74) is 5.54. The molecule has 0 atom stereocenters. The largest absolute Gasteiger partial charge is 0.378 e. The molecular weight excluding hydrogens is 448 g/mol. The van der Waals surface area contributed by atoms with Gasteiger partial charge in [0.25, 0.3) is 15.9 Å². The van der Waals surface area contributed by atoms with Crippen LogP contribution in [-0.2, 0) is 27.6 Å². The fraction of sp³-hybridized carbons (Fsp3) is 0.296. The molecule has 0 N–H and O–H groups in total. The summed E-state index contributed by atoms with van der Waals surface area (Å²) in [6, 6.07) is 20.7. The molecule has 0 aliphatic carbocycles. The molecule has 7 heteroatoms. The molecule has 2 aliphatic heterocycles. The lowest BCUT2D eigenvalue weighted by atomic mass is 10.0. The number of carbonyl (C=O) groups is 1. The second-order valence-electron chi connectivity index (χ2n) is 8.65. The third kappa shape index (κ3) is 4.21. The minimum absolute atomic E-state index is 0.0246. The molecule has 0 unspecified atom stereocenters. The fourth-order valence-corrected chi connectivity index (χ4v) is 6.08. The van der Waals surface area contributed by atoms with Crippen LogP contribution >= 0.6 is 0 Å². The molecule has 3 aromatic carbocycles. The predicted octanol–water partition coefficient (Wildman–Crippen LogP) is 4.14. The van der Waals surface area contributed by atoms with Crippen molar-refractivity contribution in [2.45, 2.75) is 24.7 Å². The Kier molecular flexibility index (Phi) is 6.15. The van der Waals surface area contributed by atoms with E-state index in [1.54, 1.807) is 12.1 Å². The van der Waals surface area contributed by atoms with Gasteiger partial charge in [-0.15, -0.1) is 0 Å². The van der Waals surface area contributed by atoms with Crippen molar-refractivity contribution >= 4 is 21.6 Å². The Balaban J connectivity index is 1.36. The highest BCUT2D eigenvalue weighted by Crippen LogP contribution is 2.36. The minimum Gasteiger partial charge on any atom is -0.378 e.